The molecule has 3 aromatic rings. The van der Waals surface area contributed by atoms with Gasteiger partial charge in [-0.1, -0.05) is 30.3 Å². The molecule has 134 valence electrons. The number of hydrazone groups is 1. The van der Waals surface area contributed by atoms with E-state index in [9.17, 15) is 9.59 Å². The van der Waals surface area contributed by atoms with Crippen molar-refractivity contribution >= 4 is 40.7 Å². The second-order valence-electron chi connectivity index (χ2n) is 5.50. The molecule has 0 aliphatic carbocycles. The number of ether oxygens (including phenoxy) is 1. The van der Waals surface area contributed by atoms with Crippen molar-refractivity contribution in [2.75, 3.05) is 0 Å². The Hall–Kier alpha value is -3.00. The fourth-order valence-corrected chi connectivity index (χ4v) is 2.87. The molecule has 1 amide bonds. The molecular weight excluding hydrogens is 455 g/mol. The average Bonchev–Trinajstić information content (AvgIpc) is 2.70. The number of esters is 1. The number of hydrogen-bond acceptors (Lipinski definition) is 4. The van der Waals surface area contributed by atoms with Gasteiger partial charge < -0.3 is 4.74 Å². The third-order valence-electron chi connectivity index (χ3n) is 3.60. The van der Waals surface area contributed by atoms with Gasteiger partial charge in [-0.3, -0.25) is 4.79 Å². The van der Waals surface area contributed by atoms with E-state index in [1.807, 2.05) is 18.2 Å². The molecule has 0 heterocycles. The van der Waals surface area contributed by atoms with Crippen molar-refractivity contribution < 1.29 is 14.3 Å². The van der Waals surface area contributed by atoms with Crippen LogP contribution in [-0.4, -0.2) is 18.1 Å². The second-order valence-corrected chi connectivity index (χ2v) is 6.67. The molecule has 0 bridgehead atoms. The summed E-state index contributed by atoms with van der Waals surface area (Å²) in [6, 6.07) is 22.9. The maximum Gasteiger partial charge on any atom is 0.343 e. The van der Waals surface area contributed by atoms with Gasteiger partial charge in [-0.2, -0.15) is 5.10 Å². The van der Waals surface area contributed by atoms with Gasteiger partial charge >= 0.3 is 5.97 Å². The minimum atomic E-state index is -0.415. The zero-order valence-electron chi connectivity index (χ0n) is 14.1. The van der Waals surface area contributed by atoms with Gasteiger partial charge in [0.25, 0.3) is 5.91 Å². The van der Waals surface area contributed by atoms with Gasteiger partial charge in [-0.25, -0.2) is 10.2 Å². The number of carbonyl (C=O) groups is 2. The maximum atomic E-state index is 12.1. The van der Waals surface area contributed by atoms with Crippen LogP contribution in [0.5, 0.6) is 5.75 Å². The first-order valence-electron chi connectivity index (χ1n) is 8.09. The van der Waals surface area contributed by atoms with E-state index in [1.165, 1.54) is 6.21 Å². The van der Waals surface area contributed by atoms with Crippen molar-refractivity contribution in [2.24, 2.45) is 5.10 Å². The highest BCUT2D eigenvalue weighted by molar-refractivity contribution is 14.1. The lowest BCUT2D eigenvalue weighted by atomic mass is 10.2. The zero-order valence-corrected chi connectivity index (χ0v) is 16.3. The van der Waals surface area contributed by atoms with E-state index in [2.05, 4.69) is 33.1 Å². The smallest absolute Gasteiger partial charge is 0.343 e. The van der Waals surface area contributed by atoms with Crippen LogP contribution >= 0.6 is 22.6 Å². The van der Waals surface area contributed by atoms with Gasteiger partial charge in [-0.15, -0.1) is 0 Å². The molecule has 27 heavy (non-hydrogen) atoms. The van der Waals surface area contributed by atoms with Crippen LogP contribution in [0.25, 0.3) is 0 Å². The first kappa shape index (κ1) is 18.8. The molecule has 0 radical (unpaired) electrons. The summed E-state index contributed by atoms with van der Waals surface area (Å²) in [5.74, 6) is -0.254. The molecule has 0 aliphatic rings. The van der Waals surface area contributed by atoms with Gasteiger partial charge in [0.1, 0.15) is 5.75 Å². The molecule has 0 saturated carbocycles. The Morgan fingerprint density at radius 2 is 1.56 bits per heavy atom. The van der Waals surface area contributed by atoms with Crippen molar-refractivity contribution in [1.82, 2.24) is 5.43 Å². The lowest BCUT2D eigenvalue weighted by molar-refractivity contribution is 0.0734. The number of amides is 1. The topological polar surface area (TPSA) is 67.8 Å². The normalized spacial score (nSPS) is 10.6. The van der Waals surface area contributed by atoms with Crippen LogP contribution < -0.4 is 10.2 Å². The Kier molecular flexibility index (Phi) is 6.32. The number of hydrogen-bond donors (Lipinski definition) is 1. The van der Waals surface area contributed by atoms with Crippen LogP contribution in [0.4, 0.5) is 0 Å². The second kappa shape index (κ2) is 9.09. The first-order chi connectivity index (χ1) is 13.1. The summed E-state index contributed by atoms with van der Waals surface area (Å²) in [4.78, 5) is 24.1. The number of carbonyl (C=O) groups excluding carboxylic acids is 2. The summed E-state index contributed by atoms with van der Waals surface area (Å²) in [5.41, 5.74) is 4.31. The molecule has 0 aliphatic heterocycles. The molecule has 3 aromatic carbocycles. The van der Waals surface area contributed by atoms with Gasteiger partial charge in [0.2, 0.25) is 0 Å². The first-order valence-corrected chi connectivity index (χ1v) is 9.16. The zero-order chi connectivity index (χ0) is 19.1. The Balaban J connectivity index is 1.57. The minimum absolute atomic E-state index is 0.273. The van der Waals surface area contributed by atoms with Crippen LogP contribution in [0.1, 0.15) is 26.3 Å². The van der Waals surface area contributed by atoms with E-state index >= 15 is 0 Å². The fraction of sp³-hybridized carbons (Fsp3) is 0. The van der Waals surface area contributed by atoms with Crippen LogP contribution in [0.3, 0.4) is 0 Å². The summed E-state index contributed by atoms with van der Waals surface area (Å²) in [6.07, 6.45) is 1.52. The van der Waals surface area contributed by atoms with Gasteiger partial charge in [0.05, 0.1) is 17.3 Å². The van der Waals surface area contributed by atoms with Gasteiger partial charge in [0.15, 0.2) is 0 Å². The quantitative estimate of drug-likeness (QED) is 0.199. The highest BCUT2D eigenvalue weighted by Gasteiger charge is 2.08. The van der Waals surface area contributed by atoms with E-state index in [-0.39, 0.29) is 5.91 Å². The van der Waals surface area contributed by atoms with E-state index in [4.69, 9.17) is 4.74 Å². The summed E-state index contributed by atoms with van der Waals surface area (Å²) < 4.78 is 6.17. The van der Waals surface area contributed by atoms with E-state index in [0.29, 0.717) is 16.9 Å². The highest BCUT2D eigenvalue weighted by Crippen LogP contribution is 2.14. The summed E-state index contributed by atoms with van der Waals surface area (Å²) in [7, 11) is 0. The molecule has 0 spiro atoms. The van der Waals surface area contributed by atoms with Crippen molar-refractivity contribution in [3.63, 3.8) is 0 Å². The van der Waals surface area contributed by atoms with Crippen molar-refractivity contribution in [3.05, 3.63) is 99.1 Å². The van der Waals surface area contributed by atoms with Crippen LogP contribution in [0, 0.1) is 3.57 Å². The van der Waals surface area contributed by atoms with E-state index in [0.717, 1.165) is 9.13 Å². The van der Waals surface area contributed by atoms with E-state index < -0.39 is 5.97 Å². The molecule has 0 aromatic heterocycles. The van der Waals surface area contributed by atoms with Crippen LogP contribution in [-0.2, 0) is 0 Å². The van der Waals surface area contributed by atoms with Crippen molar-refractivity contribution in [3.8, 4) is 5.75 Å². The number of nitrogens with one attached hydrogen (secondary N) is 1. The number of benzene rings is 3. The lowest BCUT2D eigenvalue weighted by Gasteiger charge is -2.04. The summed E-state index contributed by atoms with van der Waals surface area (Å²) in [5, 5.41) is 3.96. The van der Waals surface area contributed by atoms with Gasteiger partial charge in [0, 0.05) is 3.57 Å². The molecule has 1 N–H and O–H groups in total. The molecular formula is C21H15IN2O3. The Morgan fingerprint density at radius 1 is 0.889 bits per heavy atom. The average molecular weight is 470 g/mol. The third kappa shape index (κ3) is 5.24. The summed E-state index contributed by atoms with van der Waals surface area (Å²) in [6.45, 7) is 0. The summed E-state index contributed by atoms with van der Waals surface area (Å²) >= 11 is 2.10. The van der Waals surface area contributed by atoms with Crippen molar-refractivity contribution in [1.29, 1.82) is 0 Å². The Bertz CT molecular complexity index is 970. The minimum Gasteiger partial charge on any atom is -0.423 e. The van der Waals surface area contributed by atoms with E-state index in [1.54, 1.807) is 60.7 Å². The fourth-order valence-electron chi connectivity index (χ4n) is 2.23. The molecule has 5 nitrogen and oxygen atoms in total. The highest BCUT2D eigenvalue weighted by atomic mass is 127. The number of halogens is 1. The van der Waals surface area contributed by atoms with Gasteiger partial charge in [-0.05, 0) is 76.7 Å². The van der Waals surface area contributed by atoms with Crippen molar-refractivity contribution in [2.45, 2.75) is 0 Å². The lowest BCUT2D eigenvalue weighted by Crippen LogP contribution is -2.18. The Morgan fingerprint density at radius 3 is 2.26 bits per heavy atom. The predicted molar refractivity (Wildman–Crippen MR) is 112 cm³/mol. The molecule has 6 heteroatoms. The molecule has 0 saturated heterocycles. The third-order valence-corrected chi connectivity index (χ3v) is 4.54. The standard InChI is InChI=1S/C21H15IN2O3/c22-19-9-5-4-8-18(19)20(25)24-23-14-15-10-12-17(13-11-15)27-21(26)16-6-2-1-3-7-16/h1-14H,(H,24,25)/b23-14+. The Labute approximate surface area is 170 Å². The monoisotopic (exact) mass is 470 g/mol. The van der Waals surface area contributed by atoms with Crippen LogP contribution in [0.15, 0.2) is 84.0 Å². The SMILES string of the molecule is O=C(Oc1ccc(/C=N/NC(=O)c2ccccc2I)cc1)c1ccccc1. The molecule has 0 atom stereocenters. The number of nitrogens with zero attached hydrogens (tertiary/aromatic N) is 1. The molecule has 0 fully saturated rings. The molecule has 0 unspecified atom stereocenters. The predicted octanol–water partition coefficient (Wildman–Crippen LogP) is 4.27. The van der Waals surface area contributed by atoms with Crippen LogP contribution in [0.2, 0.25) is 0 Å². The maximum absolute atomic E-state index is 12.1. The molecule has 3 rings (SSSR count). The largest absolute Gasteiger partial charge is 0.423 e. The number of rotatable bonds is 5.